The molecule has 0 saturated heterocycles. The van der Waals surface area contributed by atoms with Crippen molar-refractivity contribution in [2.45, 2.75) is 71.5 Å². The normalized spacial score (nSPS) is 13.1. The standard InChI is InChI=1S/C19H31N3O5S/c1-13(2)22-28(25,26)12-16-9-7-15(8-10-16)11-20-17(23)14(3)21-18(24)27-19(4,5)6/h7-10,13-14,22H,11-12H2,1-6H3,(H,20,23)(H,21,24)/t14-/m1/s1. The fourth-order valence-corrected chi connectivity index (χ4v) is 3.70. The van der Waals surface area contributed by atoms with Crippen LogP contribution >= 0.6 is 0 Å². The van der Waals surface area contributed by atoms with Gasteiger partial charge in [0.1, 0.15) is 11.6 Å². The van der Waals surface area contributed by atoms with Gasteiger partial charge in [0, 0.05) is 12.6 Å². The number of carbonyl (C=O) groups excluding carboxylic acids is 2. The van der Waals surface area contributed by atoms with Gasteiger partial charge in [-0.1, -0.05) is 24.3 Å². The molecular formula is C19H31N3O5S. The van der Waals surface area contributed by atoms with Crippen LogP contribution in [0.15, 0.2) is 24.3 Å². The minimum absolute atomic E-state index is 0.103. The number of alkyl carbamates (subject to hydrolysis) is 1. The molecule has 1 rings (SSSR count). The summed E-state index contributed by atoms with van der Waals surface area (Å²) in [6.07, 6.45) is -0.657. The first-order valence-corrected chi connectivity index (χ1v) is 10.8. The highest BCUT2D eigenvalue weighted by atomic mass is 32.2. The van der Waals surface area contributed by atoms with Crippen LogP contribution in [0.3, 0.4) is 0 Å². The van der Waals surface area contributed by atoms with Crippen molar-refractivity contribution in [3.05, 3.63) is 35.4 Å². The maximum atomic E-state index is 12.1. The van der Waals surface area contributed by atoms with Gasteiger partial charge in [0.05, 0.1) is 5.75 Å². The first-order chi connectivity index (χ1) is 12.8. The summed E-state index contributed by atoms with van der Waals surface area (Å²) < 4.78 is 31.5. The first kappa shape index (κ1) is 23.9. The Bertz CT molecular complexity index is 768. The number of sulfonamides is 1. The molecule has 0 unspecified atom stereocenters. The van der Waals surface area contributed by atoms with E-state index < -0.39 is 27.8 Å². The third-order valence-electron chi connectivity index (χ3n) is 3.39. The van der Waals surface area contributed by atoms with Crippen molar-refractivity contribution in [3.8, 4) is 0 Å². The Balaban J connectivity index is 2.52. The van der Waals surface area contributed by atoms with Crippen molar-refractivity contribution in [1.29, 1.82) is 0 Å². The van der Waals surface area contributed by atoms with Gasteiger partial charge < -0.3 is 15.4 Å². The topological polar surface area (TPSA) is 114 Å². The molecule has 0 aliphatic rings. The number of amides is 2. The third-order valence-corrected chi connectivity index (χ3v) is 4.93. The zero-order valence-corrected chi connectivity index (χ0v) is 18.1. The van der Waals surface area contributed by atoms with E-state index >= 15 is 0 Å². The Labute approximate surface area is 167 Å². The van der Waals surface area contributed by atoms with Crippen molar-refractivity contribution in [1.82, 2.24) is 15.4 Å². The molecule has 2 amide bonds. The Morgan fingerprint density at radius 1 is 1.04 bits per heavy atom. The summed E-state index contributed by atoms with van der Waals surface area (Å²) in [5.74, 6) is -0.451. The zero-order valence-electron chi connectivity index (χ0n) is 17.3. The molecular weight excluding hydrogens is 382 g/mol. The highest BCUT2D eigenvalue weighted by Crippen LogP contribution is 2.09. The van der Waals surface area contributed by atoms with Crippen molar-refractivity contribution < 1.29 is 22.7 Å². The van der Waals surface area contributed by atoms with E-state index in [1.54, 1.807) is 65.8 Å². The maximum Gasteiger partial charge on any atom is 0.408 e. The minimum Gasteiger partial charge on any atom is -0.444 e. The van der Waals surface area contributed by atoms with Crippen LogP contribution < -0.4 is 15.4 Å². The molecule has 1 atom stereocenters. The van der Waals surface area contributed by atoms with Gasteiger partial charge in [-0.3, -0.25) is 4.79 Å². The fourth-order valence-electron chi connectivity index (χ4n) is 2.27. The second kappa shape index (κ2) is 9.88. The SMILES string of the molecule is CC(C)NS(=O)(=O)Cc1ccc(CNC(=O)[C@@H](C)NC(=O)OC(C)(C)C)cc1. The molecule has 0 radical (unpaired) electrons. The lowest BCUT2D eigenvalue weighted by atomic mass is 10.1. The van der Waals surface area contributed by atoms with Gasteiger partial charge >= 0.3 is 6.09 Å². The molecule has 0 aliphatic heterocycles. The molecule has 0 bridgehead atoms. The molecule has 3 N–H and O–H groups in total. The van der Waals surface area contributed by atoms with E-state index in [0.29, 0.717) is 5.56 Å². The van der Waals surface area contributed by atoms with Gasteiger partial charge in [0.15, 0.2) is 0 Å². The lowest BCUT2D eigenvalue weighted by molar-refractivity contribution is -0.122. The van der Waals surface area contributed by atoms with Gasteiger partial charge in [-0.05, 0) is 52.7 Å². The van der Waals surface area contributed by atoms with E-state index in [2.05, 4.69) is 15.4 Å². The molecule has 0 saturated carbocycles. The van der Waals surface area contributed by atoms with Crippen molar-refractivity contribution in [3.63, 3.8) is 0 Å². The third kappa shape index (κ3) is 9.70. The van der Waals surface area contributed by atoms with Crippen molar-refractivity contribution >= 4 is 22.0 Å². The number of hydrogen-bond donors (Lipinski definition) is 3. The van der Waals surface area contributed by atoms with E-state index in [1.165, 1.54) is 0 Å². The van der Waals surface area contributed by atoms with Crippen LogP contribution in [-0.4, -0.2) is 38.1 Å². The summed E-state index contributed by atoms with van der Waals surface area (Å²) in [6, 6.07) is 6.03. The molecule has 0 spiro atoms. The number of nitrogens with one attached hydrogen (secondary N) is 3. The molecule has 0 heterocycles. The van der Waals surface area contributed by atoms with Gasteiger partial charge in [0.2, 0.25) is 15.9 Å². The lowest BCUT2D eigenvalue weighted by Crippen LogP contribution is -2.46. The summed E-state index contributed by atoms with van der Waals surface area (Å²) >= 11 is 0. The van der Waals surface area contributed by atoms with E-state index in [0.717, 1.165) is 5.56 Å². The maximum absolute atomic E-state index is 12.1. The summed E-state index contributed by atoms with van der Waals surface area (Å²) in [5.41, 5.74) is 0.833. The summed E-state index contributed by atoms with van der Waals surface area (Å²) in [4.78, 5) is 23.8. The fraction of sp³-hybridized carbons (Fsp3) is 0.579. The predicted octanol–water partition coefficient (Wildman–Crippen LogP) is 2.04. The van der Waals surface area contributed by atoms with E-state index in [1.807, 2.05) is 0 Å². The molecule has 158 valence electrons. The van der Waals surface area contributed by atoms with Gasteiger partial charge in [-0.2, -0.15) is 0 Å². The Kier molecular flexibility index (Phi) is 8.44. The number of carbonyl (C=O) groups is 2. The van der Waals surface area contributed by atoms with E-state index in [4.69, 9.17) is 4.74 Å². The highest BCUT2D eigenvalue weighted by molar-refractivity contribution is 7.88. The molecule has 0 fully saturated rings. The summed E-state index contributed by atoms with van der Waals surface area (Å²) in [5, 5.41) is 5.20. The van der Waals surface area contributed by atoms with Gasteiger partial charge in [0.25, 0.3) is 0 Å². The Hall–Kier alpha value is -2.13. The van der Waals surface area contributed by atoms with Crippen LogP contribution in [0.5, 0.6) is 0 Å². The summed E-state index contributed by atoms with van der Waals surface area (Å²) in [7, 11) is -3.38. The number of ether oxygens (including phenoxy) is 1. The zero-order chi connectivity index (χ0) is 21.5. The minimum atomic E-state index is -3.38. The molecule has 1 aromatic rings. The van der Waals surface area contributed by atoms with Crippen LogP contribution in [0, 0.1) is 0 Å². The van der Waals surface area contributed by atoms with Crippen LogP contribution in [0.25, 0.3) is 0 Å². The molecule has 1 aromatic carbocycles. The highest BCUT2D eigenvalue weighted by Gasteiger charge is 2.20. The second-order valence-electron chi connectivity index (χ2n) is 7.93. The average molecular weight is 414 g/mol. The molecule has 28 heavy (non-hydrogen) atoms. The van der Waals surface area contributed by atoms with Crippen LogP contribution in [-0.2, 0) is 31.9 Å². The van der Waals surface area contributed by atoms with E-state index in [-0.39, 0.29) is 24.2 Å². The molecule has 9 heteroatoms. The predicted molar refractivity (Wildman–Crippen MR) is 108 cm³/mol. The summed E-state index contributed by atoms with van der Waals surface area (Å²) in [6.45, 7) is 10.6. The monoisotopic (exact) mass is 413 g/mol. The van der Waals surface area contributed by atoms with Crippen molar-refractivity contribution in [2.75, 3.05) is 0 Å². The smallest absolute Gasteiger partial charge is 0.408 e. The van der Waals surface area contributed by atoms with Gasteiger partial charge in [-0.15, -0.1) is 0 Å². The van der Waals surface area contributed by atoms with Gasteiger partial charge in [-0.25, -0.2) is 17.9 Å². The number of benzene rings is 1. The number of rotatable bonds is 8. The van der Waals surface area contributed by atoms with Crippen LogP contribution in [0.4, 0.5) is 4.79 Å². The quantitative estimate of drug-likeness (QED) is 0.604. The Morgan fingerprint density at radius 3 is 2.07 bits per heavy atom. The molecule has 0 aliphatic carbocycles. The van der Waals surface area contributed by atoms with Crippen LogP contribution in [0.1, 0.15) is 52.7 Å². The molecule has 0 aromatic heterocycles. The van der Waals surface area contributed by atoms with Crippen molar-refractivity contribution in [2.24, 2.45) is 0 Å². The van der Waals surface area contributed by atoms with Crippen LogP contribution in [0.2, 0.25) is 0 Å². The Morgan fingerprint density at radius 2 is 1.57 bits per heavy atom. The lowest BCUT2D eigenvalue weighted by Gasteiger charge is -2.21. The first-order valence-electron chi connectivity index (χ1n) is 9.12. The van der Waals surface area contributed by atoms with E-state index in [9.17, 15) is 18.0 Å². The second-order valence-corrected chi connectivity index (χ2v) is 9.69. The average Bonchev–Trinajstić information content (AvgIpc) is 2.50. The number of hydrogen-bond acceptors (Lipinski definition) is 5. The largest absolute Gasteiger partial charge is 0.444 e. The molecule has 8 nitrogen and oxygen atoms in total.